The SMILES string of the molecule is Cc1cc(CN(Cc2cc3c(C)nn(C)c3nc2N(CC2CC2)CC2CC2)c2ncc(Br)cn2)cc(C(F)(F)F)c1. The lowest BCUT2D eigenvalue weighted by molar-refractivity contribution is -0.137. The van der Waals surface area contributed by atoms with Crippen molar-refractivity contribution in [2.24, 2.45) is 18.9 Å². The van der Waals surface area contributed by atoms with Crippen LogP contribution in [-0.2, 0) is 26.3 Å². The number of fused-ring (bicyclic) bond motifs is 1. The molecule has 0 amide bonds. The molecule has 4 aromatic rings. The summed E-state index contributed by atoms with van der Waals surface area (Å²) >= 11 is 3.40. The number of pyridine rings is 1. The molecule has 3 heterocycles. The monoisotopic (exact) mass is 627 g/mol. The Morgan fingerprint density at radius 1 is 0.927 bits per heavy atom. The van der Waals surface area contributed by atoms with Gasteiger partial charge in [0.15, 0.2) is 5.65 Å². The number of benzene rings is 1. The van der Waals surface area contributed by atoms with Crippen molar-refractivity contribution in [3.8, 4) is 0 Å². The highest BCUT2D eigenvalue weighted by atomic mass is 79.9. The van der Waals surface area contributed by atoms with Gasteiger partial charge in [-0.15, -0.1) is 0 Å². The smallest absolute Gasteiger partial charge is 0.356 e. The van der Waals surface area contributed by atoms with E-state index in [9.17, 15) is 13.2 Å². The number of alkyl halides is 3. The standard InChI is InChI=1S/C30H33BrF3N7/c1-18-8-22(10-24(9-18)30(32,33)34)16-41(29-35-12-25(31)13-36-29)17-23-11-26-19(2)38-39(3)28(26)37-27(23)40(14-20-4-5-20)15-21-6-7-21/h8-13,20-21H,4-7,14-17H2,1-3H3. The van der Waals surface area contributed by atoms with Crippen molar-refractivity contribution in [1.29, 1.82) is 0 Å². The summed E-state index contributed by atoms with van der Waals surface area (Å²) in [5.74, 6) is 2.70. The quantitative estimate of drug-likeness (QED) is 0.189. The Hall–Kier alpha value is -3.21. The summed E-state index contributed by atoms with van der Waals surface area (Å²) in [6, 6.07) is 6.34. The second kappa shape index (κ2) is 10.9. The van der Waals surface area contributed by atoms with Gasteiger partial charge >= 0.3 is 6.18 Å². The molecule has 2 aliphatic carbocycles. The fraction of sp³-hybridized carbons (Fsp3) is 0.467. The van der Waals surface area contributed by atoms with Gasteiger partial charge in [-0.25, -0.2) is 15.0 Å². The minimum Gasteiger partial charge on any atom is -0.356 e. The zero-order valence-electron chi connectivity index (χ0n) is 23.4. The molecule has 0 N–H and O–H groups in total. The van der Waals surface area contributed by atoms with Crippen molar-refractivity contribution in [3.05, 3.63) is 69.1 Å². The molecule has 1 aromatic carbocycles. The molecule has 11 heteroatoms. The predicted octanol–water partition coefficient (Wildman–Crippen LogP) is 6.99. The molecule has 0 radical (unpaired) electrons. The molecule has 0 saturated heterocycles. The Labute approximate surface area is 245 Å². The minimum atomic E-state index is -4.42. The van der Waals surface area contributed by atoms with E-state index in [4.69, 9.17) is 4.98 Å². The van der Waals surface area contributed by atoms with Crippen molar-refractivity contribution >= 4 is 38.7 Å². The summed E-state index contributed by atoms with van der Waals surface area (Å²) in [5.41, 5.74) is 3.16. The highest BCUT2D eigenvalue weighted by molar-refractivity contribution is 9.10. The van der Waals surface area contributed by atoms with Gasteiger partial charge in [0.2, 0.25) is 5.95 Å². The topological polar surface area (TPSA) is 63.0 Å². The molecule has 0 aliphatic heterocycles. The van der Waals surface area contributed by atoms with Gasteiger partial charge in [0.05, 0.1) is 15.7 Å². The van der Waals surface area contributed by atoms with Gasteiger partial charge in [0.1, 0.15) is 5.82 Å². The van der Waals surface area contributed by atoms with Crippen molar-refractivity contribution in [1.82, 2.24) is 24.7 Å². The second-order valence-electron chi connectivity index (χ2n) is 11.6. The molecule has 2 fully saturated rings. The zero-order valence-corrected chi connectivity index (χ0v) is 25.0. The van der Waals surface area contributed by atoms with Crippen molar-refractivity contribution in [2.45, 2.75) is 58.8 Å². The third kappa shape index (κ3) is 6.50. The lowest BCUT2D eigenvalue weighted by atomic mass is 10.1. The zero-order chi connectivity index (χ0) is 28.9. The summed E-state index contributed by atoms with van der Waals surface area (Å²) in [6.07, 6.45) is 3.83. The molecule has 0 bridgehead atoms. The van der Waals surface area contributed by atoms with Gasteiger partial charge in [-0.1, -0.05) is 11.6 Å². The molecule has 216 valence electrons. The van der Waals surface area contributed by atoms with Crippen LogP contribution >= 0.6 is 15.9 Å². The first-order valence-corrected chi connectivity index (χ1v) is 14.8. The molecule has 0 spiro atoms. The van der Waals surface area contributed by atoms with E-state index in [2.05, 4.69) is 42.0 Å². The third-order valence-corrected chi connectivity index (χ3v) is 8.20. The van der Waals surface area contributed by atoms with Crippen LogP contribution in [-0.4, -0.2) is 37.8 Å². The molecule has 0 unspecified atom stereocenters. The maximum Gasteiger partial charge on any atom is 0.416 e. The van der Waals surface area contributed by atoms with Gasteiger partial charge in [-0.2, -0.15) is 18.3 Å². The van der Waals surface area contributed by atoms with Crippen molar-refractivity contribution < 1.29 is 13.2 Å². The average molecular weight is 629 g/mol. The van der Waals surface area contributed by atoms with E-state index in [1.54, 1.807) is 25.4 Å². The van der Waals surface area contributed by atoms with Gasteiger partial charge < -0.3 is 9.80 Å². The predicted molar refractivity (Wildman–Crippen MR) is 157 cm³/mol. The largest absolute Gasteiger partial charge is 0.416 e. The van der Waals surface area contributed by atoms with E-state index in [1.807, 2.05) is 23.6 Å². The number of hydrogen-bond donors (Lipinski definition) is 0. The molecule has 41 heavy (non-hydrogen) atoms. The highest BCUT2D eigenvalue weighted by Gasteiger charge is 2.33. The molecule has 2 aliphatic rings. The normalized spacial score (nSPS) is 15.5. The number of hydrogen-bond acceptors (Lipinski definition) is 6. The molecule has 7 nitrogen and oxygen atoms in total. The first-order chi connectivity index (χ1) is 19.5. The van der Waals surface area contributed by atoms with Crippen LogP contribution in [0.1, 0.15) is 53.6 Å². The number of aryl methyl sites for hydroxylation is 3. The Morgan fingerprint density at radius 2 is 1.59 bits per heavy atom. The third-order valence-electron chi connectivity index (χ3n) is 7.79. The van der Waals surface area contributed by atoms with E-state index >= 15 is 0 Å². The van der Waals surface area contributed by atoms with Crippen LogP contribution in [0.2, 0.25) is 0 Å². The fourth-order valence-electron chi connectivity index (χ4n) is 5.45. The number of nitrogens with zero attached hydrogens (tertiary/aromatic N) is 7. The second-order valence-corrected chi connectivity index (χ2v) is 12.5. The fourth-order valence-corrected chi connectivity index (χ4v) is 5.65. The Morgan fingerprint density at radius 3 is 2.20 bits per heavy atom. The number of halogens is 4. The lowest BCUT2D eigenvalue weighted by Crippen LogP contribution is -2.32. The van der Waals surface area contributed by atoms with Gasteiger partial charge in [0, 0.05) is 56.6 Å². The maximum atomic E-state index is 13.7. The summed E-state index contributed by atoms with van der Waals surface area (Å²) < 4.78 is 43.6. The minimum absolute atomic E-state index is 0.209. The van der Waals surface area contributed by atoms with Crippen LogP contribution < -0.4 is 9.80 Å². The Kier molecular flexibility index (Phi) is 7.42. The summed E-state index contributed by atoms with van der Waals surface area (Å²) in [5, 5.41) is 5.59. The first kappa shape index (κ1) is 27.9. The van der Waals surface area contributed by atoms with Gasteiger partial charge in [0.25, 0.3) is 0 Å². The molecular weight excluding hydrogens is 595 g/mol. The summed E-state index contributed by atoms with van der Waals surface area (Å²) in [6.45, 7) is 6.17. The highest BCUT2D eigenvalue weighted by Crippen LogP contribution is 2.38. The van der Waals surface area contributed by atoms with E-state index in [0.29, 0.717) is 35.5 Å². The Bertz CT molecular complexity index is 1550. The first-order valence-electron chi connectivity index (χ1n) is 14.0. The van der Waals surface area contributed by atoms with Crippen LogP contribution in [0, 0.1) is 25.7 Å². The van der Waals surface area contributed by atoms with Crippen molar-refractivity contribution in [2.75, 3.05) is 22.9 Å². The molecular formula is C30H33BrF3N7. The van der Waals surface area contributed by atoms with Gasteiger partial charge in [-0.05, 0) is 91.1 Å². The van der Waals surface area contributed by atoms with Crippen LogP contribution in [0.25, 0.3) is 11.0 Å². The number of aromatic nitrogens is 5. The molecule has 2 saturated carbocycles. The Balaban J connectivity index is 1.43. The maximum absolute atomic E-state index is 13.7. The lowest BCUT2D eigenvalue weighted by Gasteiger charge is -2.29. The number of rotatable bonds is 10. The summed E-state index contributed by atoms with van der Waals surface area (Å²) in [4.78, 5) is 18.6. The van der Waals surface area contributed by atoms with E-state index in [1.165, 1.54) is 37.8 Å². The van der Waals surface area contributed by atoms with Crippen LogP contribution in [0.4, 0.5) is 24.9 Å². The molecule has 3 aromatic heterocycles. The van der Waals surface area contributed by atoms with Crippen LogP contribution in [0.5, 0.6) is 0 Å². The van der Waals surface area contributed by atoms with Crippen molar-refractivity contribution in [3.63, 3.8) is 0 Å². The van der Waals surface area contributed by atoms with Gasteiger partial charge in [-0.3, -0.25) is 4.68 Å². The van der Waals surface area contributed by atoms with E-state index < -0.39 is 11.7 Å². The average Bonchev–Trinajstić information content (AvgIpc) is 3.84. The summed E-state index contributed by atoms with van der Waals surface area (Å²) in [7, 11) is 1.91. The number of anilines is 2. The van der Waals surface area contributed by atoms with Crippen LogP contribution in [0.3, 0.4) is 0 Å². The molecule has 0 atom stereocenters. The van der Waals surface area contributed by atoms with Crippen LogP contribution in [0.15, 0.2) is 41.1 Å². The van der Waals surface area contributed by atoms with E-state index in [-0.39, 0.29) is 6.54 Å². The van der Waals surface area contributed by atoms with E-state index in [0.717, 1.165) is 45.7 Å². The molecule has 6 rings (SSSR count).